The minimum Gasteiger partial charge on any atom is -0.456 e. The number of unbranched alkanes of at least 4 members (excludes halogenated alkanes) is 1. The number of nitrogens with zero attached hydrogens (tertiary/aromatic N) is 1. The van der Waals surface area contributed by atoms with Crippen molar-refractivity contribution in [1.82, 2.24) is 4.98 Å². The van der Waals surface area contributed by atoms with Gasteiger partial charge in [-0.05, 0) is 91.1 Å². The Hall–Kier alpha value is -5.29. The minimum absolute atomic E-state index is 0.0573. The van der Waals surface area contributed by atoms with E-state index in [1.54, 1.807) is 24.5 Å². The summed E-state index contributed by atoms with van der Waals surface area (Å²) in [5, 5.41) is 8.67. The molecule has 0 spiro atoms. The van der Waals surface area contributed by atoms with Gasteiger partial charge in [-0.25, -0.2) is 0 Å². The molecule has 1 aromatic heterocycles. The van der Waals surface area contributed by atoms with Crippen LogP contribution in [0.5, 0.6) is 11.5 Å². The zero-order valence-corrected chi connectivity index (χ0v) is 26.5. The Morgan fingerprint density at radius 3 is 2.48 bits per heavy atom. The Balaban J connectivity index is 1.16. The first-order valence-electron chi connectivity index (χ1n) is 15.9. The third kappa shape index (κ3) is 8.24. The van der Waals surface area contributed by atoms with Gasteiger partial charge in [-0.2, -0.15) is 0 Å². The highest BCUT2D eigenvalue weighted by atomic mass is 16.5. The number of Topliss-reactive ketones (excluding diaryl/α,β-unsaturated/α-hetero) is 1. The molecule has 3 aromatic carbocycles. The summed E-state index contributed by atoms with van der Waals surface area (Å²) >= 11 is 0. The van der Waals surface area contributed by atoms with Gasteiger partial charge in [0.25, 0.3) is 0 Å². The van der Waals surface area contributed by atoms with Crippen LogP contribution in [0.15, 0.2) is 133 Å². The largest absolute Gasteiger partial charge is 0.456 e. The van der Waals surface area contributed by atoms with E-state index >= 15 is 0 Å². The SMILES string of the molecule is C=CCc1ccc(C2=C(CC)CC=C(CCCCC(=O)C(=N)c3cc(-c4cncc(Oc5ccccc5)c4)ccc3N)C=C2)cc1. The minimum atomic E-state index is -0.203. The standard InChI is InChI=1S/C41H41N3O2/c1-3-10-29-16-20-32(21-17-29)37-23-18-30(15-19-31(37)4-2)11-8-9-14-40(45)41(43)38-26-33(22-24-39(38)42)34-25-36(28-44-27-34)46-35-12-6-5-7-13-35/h3,5-7,12-13,15-18,20-28,43H,1,4,8-11,14,19,42H2,2H3. The molecular formula is C41H41N3O2. The molecule has 0 saturated heterocycles. The lowest BCUT2D eigenvalue weighted by molar-refractivity contribution is -0.113. The topological polar surface area (TPSA) is 89.1 Å². The number of allylic oxidation sites excluding steroid dienone is 7. The number of ketones is 1. The van der Waals surface area contributed by atoms with Crippen molar-refractivity contribution in [2.24, 2.45) is 0 Å². The van der Waals surface area contributed by atoms with Crippen LogP contribution < -0.4 is 10.5 Å². The van der Waals surface area contributed by atoms with Gasteiger partial charge in [-0.3, -0.25) is 15.2 Å². The molecule has 5 nitrogen and oxygen atoms in total. The summed E-state index contributed by atoms with van der Waals surface area (Å²) in [6, 6.07) is 25.6. The second-order valence-corrected chi connectivity index (χ2v) is 11.5. The summed E-state index contributed by atoms with van der Waals surface area (Å²) in [6.07, 6.45) is 17.7. The summed E-state index contributed by atoms with van der Waals surface area (Å²) in [6.45, 7) is 6.05. The Kier molecular flexibility index (Phi) is 10.9. The van der Waals surface area contributed by atoms with Crippen LogP contribution in [-0.2, 0) is 11.2 Å². The summed E-state index contributed by atoms with van der Waals surface area (Å²) < 4.78 is 5.94. The van der Waals surface area contributed by atoms with Crippen molar-refractivity contribution in [2.45, 2.75) is 51.9 Å². The number of pyridine rings is 1. The van der Waals surface area contributed by atoms with Gasteiger partial charge < -0.3 is 10.5 Å². The fourth-order valence-corrected chi connectivity index (χ4v) is 5.65. The molecule has 0 saturated carbocycles. The molecule has 46 heavy (non-hydrogen) atoms. The molecule has 4 aromatic rings. The summed E-state index contributed by atoms with van der Waals surface area (Å²) in [7, 11) is 0. The normalized spacial score (nSPS) is 12.8. The number of ether oxygens (including phenoxy) is 1. The van der Waals surface area contributed by atoms with Crippen LogP contribution in [0, 0.1) is 5.41 Å². The maximum Gasteiger partial charge on any atom is 0.181 e. The maximum absolute atomic E-state index is 13.1. The van der Waals surface area contributed by atoms with Gasteiger partial charge in [-0.1, -0.05) is 90.9 Å². The first-order chi connectivity index (χ1) is 22.4. The number of carbonyl (C=O) groups is 1. The average molecular weight is 608 g/mol. The highest BCUT2D eigenvalue weighted by Gasteiger charge is 2.16. The number of hydrogen-bond donors (Lipinski definition) is 2. The molecular weight excluding hydrogens is 566 g/mol. The van der Waals surface area contributed by atoms with E-state index in [2.05, 4.69) is 61.0 Å². The van der Waals surface area contributed by atoms with Crippen LogP contribution in [0.4, 0.5) is 5.69 Å². The van der Waals surface area contributed by atoms with Gasteiger partial charge in [0.1, 0.15) is 17.2 Å². The number of para-hydroxylation sites is 1. The van der Waals surface area contributed by atoms with Gasteiger partial charge in [0, 0.05) is 29.4 Å². The highest BCUT2D eigenvalue weighted by Crippen LogP contribution is 2.31. The molecule has 232 valence electrons. The van der Waals surface area contributed by atoms with E-state index in [0.29, 0.717) is 29.8 Å². The molecule has 0 amide bonds. The first kappa shape index (κ1) is 32.1. The number of nitrogens with two attached hydrogens (primary N) is 1. The average Bonchev–Trinajstić information content (AvgIpc) is 3.30. The quantitative estimate of drug-likeness (QED) is 0.0646. The molecule has 0 atom stereocenters. The zero-order chi connectivity index (χ0) is 32.3. The van der Waals surface area contributed by atoms with Crippen molar-refractivity contribution >= 4 is 22.8 Å². The predicted molar refractivity (Wildman–Crippen MR) is 190 cm³/mol. The molecule has 0 aliphatic heterocycles. The van der Waals surface area contributed by atoms with Gasteiger partial charge in [0.15, 0.2) is 5.78 Å². The van der Waals surface area contributed by atoms with Crippen LogP contribution in [-0.4, -0.2) is 16.5 Å². The summed E-state index contributed by atoms with van der Waals surface area (Å²) in [5.74, 6) is 1.11. The number of anilines is 1. The third-order valence-electron chi connectivity index (χ3n) is 8.27. The van der Waals surface area contributed by atoms with Crippen molar-refractivity contribution in [3.8, 4) is 22.6 Å². The van der Waals surface area contributed by atoms with Crippen LogP contribution in [0.2, 0.25) is 0 Å². The number of nitrogens with one attached hydrogen (secondary N) is 1. The number of hydrogen-bond acceptors (Lipinski definition) is 5. The molecule has 0 unspecified atom stereocenters. The van der Waals surface area contributed by atoms with E-state index in [9.17, 15) is 4.79 Å². The van der Waals surface area contributed by atoms with E-state index < -0.39 is 0 Å². The van der Waals surface area contributed by atoms with Gasteiger partial charge in [-0.15, -0.1) is 6.58 Å². The molecule has 3 N–H and O–H groups in total. The lowest BCUT2D eigenvalue weighted by atomic mass is 9.95. The molecule has 0 fully saturated rings. The Labute approximate surface area is 272 Å². The smallest absolute Gasteiger partial charge is 0.181 e. The highest BCUT2D eigenvalue weighted by molar-refractivity contribution is 6.46. The van der Waals surface area contributed by atoms with Crippen LogP contribution in [0.25, 0.3) is 16.7 Å². The van der Waals surface area contributed by atoms with Gasteiger partial charge in [0.05, 0.1) is 6.20 Å². The maximum atomic E-state index is 13.1. The molecule has 5 rings (SSSR count). The van der Waals surface area contributed by atoms with E-state index in [4.69, 9.17) is 15.9 Å². The molecule has 1 aliphatic carbocycles. The van der Waals surface area contributed by atoms with E-state index in [1.165, 1.54) is 27.8 Å². The van der Waals surface area contributed by atoms with Gasteiger partial charge >= 0.3 is 0 Å². The van der Waals surface area contributed by atoms with E-state index in [-0.39, 0.29) is 11.5 Å². The molecule has 0 bridgehead atoms. The van der Waals surface area contributed by atoms with Crippen LogP contribution in [0.3, 0.4) is 0 Å². The number of rotatable bonds is 14. The predicted octanol–water partition coefficient (Wildman–Crippen LogP) is 10.1. The lowest BCUT2D eigenvalue weighted by Crippen LogP contribution is -2.16. The van der Waals surface area contributed by atoms with Crippen molar-refractivity contribution in [2.75, 3.05) is 5.73 Å². The second-order valence-electron chi connectivity index (χ2n) is 11.5. The zero-order valence-electron chi connectivity index (χ0n) is 26.5. The number of aromatic nitrogens is 1. The van der Waals surface area contributed by atoms with Crippen molar-refractivity contribution < 1.29 is 9.53 Å². The molecule has 1 heterocycles. The van der Waals surface area contributed by atoms with Crippen molar-refractivity contribution in [3.05, 3.63) is 150 Å². The van der Waals surface area contributed by atoms with Crippen LogP contribution >= 0.6 is 0 Å². The molecule has 0 radical (unpaired) electrons. The Bertz CT molecular complexity index is 1800. The first-order valence-corrected chi connectivity index (χ1v) is 15.9. The molecule has 5 heteroatoms. The van der Waals surface area contributed by atoms with Gasteiger partial charge in [0.2, 0.25) is 0 Å². The third-order valence-corrected chi connectivity index (χ3v) is 8.27. The molecule has 1 aliphatic rings. The van der Waals surface area contributed by atoms with Crippen molar-refractivity contribution in [3.63, 3.8) is 0 Å². The van der Waals surface area contributed by atoms with E-state index in [0.717, 1.165) is 49.0 Å². The number of benzene rings is 3. The second kappa shape index (κ2) is 15.6. The fraction of sp³-hybridized carbons (Fsp3) is 0.195. The Morgan fingerprint density at radius 2 is 1.72 bits per heavy atom. The van der Waals surface area contributed by atoms with Crippen molar-refractivity contribution in [1.29, 1.82) is 5.41 Å². The van der Waals surface area contributed by atoms with E-state index in [1.807, 2.05) is 48.5 Å². The number of carbonyl (C=O) groups excluding carboxylic acids is 1. The fourth-order valence-electron chi connectivity index (χ4n) is 5.65. The Morgan fingerprint density at radius 1 is 0.935 bits per heavy atom. The van der Waals surface area contributed by atoms with Crippen LogP contribution in [0.1, 0.15) is 62.1 Å². The summed E-state index contributed by atoms with van der Waals surface area (Å²) in [5.41, 5.74) is 15.2. The summed E-state index contributed by atoms with van der Waals surface area (Å²) in [4.78, 5) is 17.4. The monoisotopic (exact) mass is 607 g/mol. The lowest BCUT2D eigenvalue weighted by Gasteiger charge is -2.11. The number of nitrogen functional groups attached to an aromatic ring is 1.